The van der Waals surface area contributed by atoms with E-state index < -0.39 is 59.3 Å². The lowest BCUT2D eigenvalue weighted by Gasteiger charge is -2.29. The fourth-order valence-electron chi connectivity index (χ4n) is 1.09. The van der Waals surface area contributed by atoms with Crippen molar-refractivity contribution in [3.63, 3.8) is 0 Å². The first-order valence-corrected chi connectivity index (χ1v) is 6.80. The molecule has 0 radical (unpaired) electrons. The van der Waals surface area contributed by atoms with E-state index in [4.69, 9.17) is 0 Å². The van der Waals surface area contributed by atoms with Gasteiger partial charge in [0.15, 0.2) is 0 Å². The van der Waals surface area contributed by atoms with E-state index in [2.05, 4.69) is 11.3 Å². The Morgan fingerprint density at radius 1 is 1.05 bits per heavy atom. The van der Waals surface area contributed by atoms with E-state index in [9.17, 15) is 39.7 Å². The number of ether oxygens (including phenoxy) is 1. The number of alkyl halides is 7. The summed E-state index contributed by atoms with van der Waals surface area (Å²) in [5, 5.41) is 0. The van der Waals surface area contributed by atoms with Crippen molar-refractivity contribution < 1.29 is 44.5 Å². The molecule has 0 spiro atoms. The lowest BCUT2D eigenvalue weighted by atomic mass is 10.0. The quantitative estimate of drug-likeness (QED) is 0.405. The van der Waals surface area contributed by atoms with Gasteiger partial charge in [0.1, 0.15) is 6.61 Å². The smallest absolute Gasteiger partial charge is 0.431 e. The Hall–Kier alpha value is -1.13. The summed E-state index contributed by atoms with van der Waals surface area (Å²) < 4.78 is 102. The van der Waals surface area contributed by atoms with Gasteiger partial charge in [-0.3, -0.25) is 4.21 Å². The van der Waals surface area contributed by atoms with Crippen LogP contribution in [-0.4, -0.2) is 46.3 Å². The van der Waals surface area contributed by atoms with Crippen molar-refractivity contribution in [1.29, 1.82) is 0 Å². The second kappa shape index (κ2) is 7.23. The molecule has 11 heteroatoms. The molecule has 21 heavy (non-hydrogen) atoms. The Balaban J connectivity index is 4.55. The zero-order valence-corrected chi connectivity index (χ0v) is 11.2. The van der Waals surface area contributed by atoms with Crippen LogP contribution in [0.2, 0.25) is 0 Å². The van der Waals surface area contributed by atoms with Crippen molar-refractivity contribution in [2.75, 3.05) is 18.1 Å². The van der Waals surface area contributed by atoms with Gasteiger partial charge >= 0.3 is 18.3 Å². The summed E-state index contributed by atoms with van der Waals surface area (Å²) in [6.07, 6.45) is -13.6. The van der Waals surface area contributed by atoms with Gasteiger partial charge in [0.2, 0.25) is 0 Å². The highest BCUT2D eigenvalue weighted by molar-refractivity contribution is 7.84. The molecule has 0 aromatic rings. The average Bonchev–Trinajstić information content (AvgIpc) is 2.32. The molecule has 1 unspecified atom stereocenters. The normalized spacial score (nSPS) is 14.6. The van der Waals surface area contributed by atoms with Crippen molar-refractivity contribution in [3.8, 4) is 0 Å². The number of hydrogen-bond acceptors (Lipinski definition) is 3. The van der Waals surface area contributed by atoms with Gasteiger partial charge in [-0.15, -0.1) is 0 Å². The molecular weight excluding hydrogens is 333 g/mol. The number of carbonyl (C=O) groups excluding carboxylic acids is 1. The molecule has 0 aliphatic heterocycles. The fourth-order valence-corrected chi connectivity index (χ4v) is 2.08. The summed E-state index contributed by atoms with van der Waals surface area (Å²) in [6.45, 7) is 2.54. The molecule has 124 valence electrons. The second-order valence-electron chi connectivity index (χ2n) is 3.77. The first kappa shape index (κ1) is 19.9. The van der Waals surface area contributed by atoms with Crippen LogP contribution in [0.5, 0.6) is 0 Å². The van der Waals surface area contributed by atoms with Crippen LogP contribution in [0.4, 0.5) is 30.7 Å². The topological polar surface area (TPSA) is 43.4 Å². The summed E-state index contributed by atoms with van der Waals surface area (Å²) in [4.78, 5) is 10.6. The van der Waals surface area contributed by atoms with Crippen LogP contribution in [0.15, 0.2) is 12.7 Å². The maximum Gasteiger partial charge on any atom is 0.431 e. The van der Waals surface area contributed by atoms with Crippen LogP contribution >= 0.6 is 0 Å². The van der Waals surface area contributed by atoms with Gasteiger partial charge in [0, 0.05) is 29.0 Å². The largest absolute Gasteiger partial charge is 0.462 e. The third kappa shape index (κ3) is 5.64. The molecule has 0 saturated heterocycles. The third-order valence-electron chi connectivity index (χ3n) is 2.29. The highest BCUT2D eigenvalue weighted by Crippen LogP contribution is 2.48. The number of rotatable bonds is 7. The van der Waals surface area contributed by atoms with Crippen molar-refractivity contribution in [2.24, 2.45) is 0 Å². The maximum absolute atomic E-state index is 13.2. The molecular formula is C10H11F7O3S. The highest BCUT2D eigenvalue weighted by atomic mass is 32.2. The van der Waals surface area contributed by atoms with Gasteiger partial charge in [-0.05, 0) is 0 Å². The van der Waals surface area contributed by atoms with Gasteiger partial charge in [-0.2, -0.15) is 26.3 Å². The molecule has 0 aromatic carbocycles. The first-order valence-electron chi connectivity index (χ1n) is 5.31. The van der Waals surface area contributed by atoms with E-state index in [0.29, 0.717) is 0 Å². The van der Waals surface area contributed by atoms with Crippen molar-refractivity contribution >= 4 is 16.8 Å². The van der Waals surface area contributed by atoms with Gasteiger partial charge in [-0.25, -0.2) is 9.18 Å². The summed E-state index contributed by atoms with van der Waals surface area (Å²) in [5.74, 6) is -2.58. The predicted molar refractivity (Wildman–Crippen MR) is 59.6 cm³/mol. The Kier molecular flexibility index (Phi) is 6.84. The van der Waals surface area contributed by atoms with Gasteiger partial charge < -0.3 is 4.74 Å². The number of hydrogen-bond donors (Lipinski definition) is 0. The Bertz CT molecular complexity index is 388. The standard InChI is InChI=1S/C10H11F7O3S/c1-2-7(18)20-4-6-21(19)5-3-8(11,9(12,13)14)10(15,16)17/h2H,1,3-6H2. The van der Waals surface area contributed by atoms with Crippen LogP contribution in [-0.2, 0) is 20.3 Å². The molecule has 0 fully saturated rings. The summed E-state index contributed by atoms with van der Waals surface area (Å²) >= 11 is 0. The zero-order chi connectivity index (χ0) is 16.9. The molecule has 3 nitrogen and oxygen atoms in total. The Morgan fingerprint density at radius 2 is 1.52 bits per heavy atom. The minimum Gasteiger partial charge on any atom is -0.462 e. The van der Waals surface area contributed by atoms with Crippen LogP contribution in [0.25, 0.3) is 0 Å². The molecule has 1 atom stereocenters. The third-order valence-corrected chi connectivity index (χ3v) is 3.58. The summed E-state index contributed by atoms with van der Waals surface area (Å²) in [5.41, 5.74) is -5.42. The van der Waals surface area contributed by atoms with E-state index in [1.807, 2.05) is 0 Å². The van der Waals surface area contributed by atoms with Crippen LogP contribution < -0.4 is 0 Å². The number of carbonyl (C=O) groups is 1. The van der Waals surface area contributed by atoms with E-state index in [1.165, 1.54) is 0 Å². The van der Waals surface area contributed by atoms with Gasteiger partial charge in [-0.1, -0.05) is 6.58 Å². The fraction of sp³-hybridized carbons (Fsp3) is 0.700. The van der Waals surface area contributed by atoms with E-state index in [1.54, 1.807) is 0 Å². The molecule has 0 amide bonds. The average molecular weight is 344 g/mol. The summed E-state index contributed by atoms with van der Waals surface area (Å²) in [6, 6.07) is 0. The maximum atomic E-state index is 13.2. The SMILES string of the molecule is C=CC(=O)OCCS(=O)CCC(F)(C(F)(F)F)C(F)(F)F. The van der Waals surface area contributed by atoms with Crippen molar-refractivity contribution in [2.45, 2.75) is 24.4 Å². The van der Waals surface area contributed by atoms with E-state index in [0.717, 1.165) is 6.08 Å². The van der Waals surface area contributed by atoms with E-state index >= 15 is 0 Å². The Morgan fingerprint density at radius 3 is 1.90 bits per heavy atom. The van der Waals surface area contributed by atoms with Crippen molar-refractivity contribution in [1.82, 2.24) is 0 Å². The minimum absolute atomic E-state index is 0.491. The number of esters is 1. The van der Waals surface area contributed by atoms with Crippen LogP contribution in [0.3, 0.4) is 0 Å². The second-order valence-corrected chi connectivity index (χ2v) is 5.46. The molecule has 0 heterocycles. The molecule has 0 N–H and O–H groups in total. The highest BCUT2D eigenvalue weighted by Gasteiger charge is 2.71. The molecule has 0 aliphatic carbocycles. The lowest BCUT2D eigenvalue weighted by Crippen LogP contribution is -2.53. The molecule has 0 rings (SSSR count). The first-order chi connectivity index (χ1) is 9.35. The summed E-state index contributed by atoms with van der Waals surface area (Å²) in [7, 11) is -2.21. The van der Waals surface area contributed by atoms with Crippen LogP contribution in [0, 0.1) is 0 Å². The van der Waals surface area contributed by atoms with E-state index in [-0.39, 0.29) is 0 Å². The molecule has 0 aliphatic rings. The molecule has 0 aromatic heterocycles. The monoisotopic (exact) mass is 344 g/mol. The minimum atomic E-state index is -6.16. The van der Waals surface area contributed by atoms with Crippen molar-refractivity contribution in [3.05, 3.63) is 12.7 Å². The zero-order valence-electron chi connectivity index (χ0n) is 10.4. The molecule has 0 saturated carbocycles. The predicted octanol–water partition coefficient (Wildman–Crippen LogP) is 2.69. The molecule has 0 bridgehead atoms. The lowest BCUT2D eigenvalue weighted by molar-refractivity contribution is -0.341. The Labute approximate surface area is 117 Å². The van der Waals surface area contributed by atoms with Gasteiger partial charge in [0.05, 0.1) is 5.75 Å². The van der Waals surface area contributed by atoms with Crippen LogP contribution in [0.1, 0.15) is 6.42 Å². The van der Waals surface area contributed by atoms with Gasteiger partial charge in [0.25, 0.3) is 5.67 Å². The number of halogens is 7.